The Balaban J connectivity index is 4.00. The number of hydrogen-bond donors (Lipinski definition) is 0. The van der Waals surface area contributed by atoms with E-state index in [9.17, 15) is 16.8 Å². The van der Waals surface area contributed by atoms with Gasteiger partial charge in [0.1, 0.15) is 0 Å². The fourth-order valence-corrected chi connectivity index (χ4v) is 6.66. The van der Waals surface area contributed by atoms with Crippen LogP contribution in [-0.4, -0.2) is 33.4 Å². The lowest BCUT2D eigenvalue weighted by Gasteiger charge is -2.06. The maximum Gasteiger partial charge on any atom is 0.164 e. The molecule has 0 saturated carbocycles. The van der Waals surface area contributed by atoms with Gasteiger partial charge in [0.2, 0.25) is 0 Å². The molecule has 0 aromatic heterocycles. The van der Waals surface area contributed by atoms with Crippen molar-refractivity contribution in [2.24, 2.45) is 0 Å². The van der Waals surface area contributed by atoms with Crippen LogP contribution in [0.1, 0.15) is 78.1 Å². The standard InChI is InChI=1S/C15H32O4S2/c1-3-5-7-9-11-13-20(16,17)15-21(18,19)14-12-10-8-6-4-2/h3-15H2,1-2H3. The average Bonchev–Trinajstić information content (AvgIpc) is 2.36. The van der Waals surface area contributed by atoms with E-state index < -0.39 is 24.8 Å². The maximum atomic E-state index is 11.8. The lowest BCUT2D eigenvalue weighted by Crippen LogP contribution is -2.21. The summed E-state index contributed by atoms with van der Waals surface area (Å²) in [6.07, 6.45) is 9.37. The molecule has 0 fully saturated rings. The van der Waals surface area contributed by atoms with Gasteiger partial charge in [-0.2, -0.15) is 0 Å². The van der Waals surface area contributed by atoms with Crippen molar-refractivity contribution >= 4 is 19.7 Å². The van der Waals surface area contributed by atoms with E-state index in [2.05, 4.69) is 13.8 Å². The molecule has 0 N–H and O–H groups in total. The molecule has 0 amide bonds. The molecule has 0 saturated heterocycles. The zero-order valence-electron chi connectivity index (χ0n) is 13.6. The van der Waals surface area contributed by atoms with Crippen LogP contribution < -0.4 is 0 Å². The topological polar surface area (TPSA) is 68.3 Å². The van der Waals surface area contributed by atoms with Crippen LogP contribution in [0.4, 0.5) is 0 Å². The second kappa shape index (κ2) is 11.5. The monoisotopic (exact) mass is 340 g/mol. The third-order valence-electron chi connectivity index (χ3n) is 3.48. The molecule has 0 spiro atoms. The van der Waals surface area contributed by atoms with Gasteiger partial charge in [-0.05, 0) is 12.8 Å². The van der Waals surface area contributed by atoms with Crippen molar-refractivity contribution in [3.8, 4) is 0 Å². The summed E-state index contributed by atoms with van der Waals surface area (Å²) in [5.74, 6) is 0.0115. The summed E-state index contributed by atoms with van der Waals surface area (Å²) in [5, 5.41) is -0.665. The molecule has 6 heteroatoms. The summed E-state index contributed by atoms with van der Waals surface area (Å²) in [6.45, 7) is 4.20. The largest absolute Gasteiger partial charge is 0.228 e. The Kier molecular flexibility index (Phi) is 11.4. The van der Waals surface area contributed by atoms with Crippen LogP contribution >= 0.6 is 0 Å². The first-order valence-corrected chi connectivity index (χ1v) is 11.9. The highest BCUT2D eigenvalue weighted by molar-refractivity contribution is 8.08. The molecule has 0 atom stereocenters. The number of rotatable bonds is 14. The van der Waals surface area contributed by atoms with Gasteiger partial charge in [-0.25, -0.2) is 16.8 Å². The SMILES string of the molecule is CCCCCCCS(=O)(=O)CS(=O)(=O)CCCCCCC. The highest BCUT2D eigenvalue weighted by Gasteiger charge is 2.21. The Bertz CT molecular complexity index is 396. The van der Waals surface area contributed by atoms with Gasteiger partial charge in [-0.1, -0.05) is 65.2 Å². The fourth-order valence-electron chi connectivity index (χ4n) is 2.24. The van der Waals surface area contributed by atoms with E-state index in [-0.39, 0.29) is 11.5 Å². The molecule has 0 heterocycles. The van der Waals surface area contributed by atoms with Crippen molar-refractivity contribution in [3.63, 3.8) is 0 Å². The van der Waals surface area contributed by atoms with Crippen LogP contribution in [-0.2, 0) is 19.7 Å². The molecule has 128 valence electrons. The van der Waals surface area contributed by atoms with Gasteiger partial charge >= 0.3 is 0 Å². The van der Waals surface area contributed by atoms with E-state index in [0.29, 0.717) is 12.8 Å². The molecule has 0 aliphatic heterocycles. The predicted octanol–water partition coefficient (Wildman–Crippen LogP) is 3.71. The normalized spacial score (nSPS) is 12.7. The smallest absolute Gasteiger partial charge is 0.164 e. The quantitative estimate of drug-likeness (QED) is 0.452. The van der Waals surface area contributed by atoms with E-state index >= 15 is 0 Å². The number of hydrogen-bond acceptors (Lipinski definition) is 4. The summed E-state index contributed by atoms with van der Waals surface area (Å²) in [4.78, 5) is 0. The van der Waals surface area contributed by atoms with Crippen LogP contribution in [0.15, 0.2) is 0 Å². The Hall–Kier alpha value is -0.100. The lowest BCUT2D eigenvalue weighted by molar-refractivity contribution is 0.580. The molecule has 0 aromatic carbocycles. The van der Waals surface area contributed by atoms with Crippen molar-refractivity contribution in [3.05, 3.63) is 0 Å². The van der Waals surface area contributed by atoms with E-state index in [1.807, 2.05) is 0 Å². The third-order valence-corrected chi connectivity index (χ3v) is 8.17. The second-order valence-corrected chi connectivity index (χ2v) is 10.6. The molecule has 0 rings (SSSR count). The fraction of sp³-hybridized carbons (Fsp3) is 1.00. The summed E-state index contributed by atoms with van der Waals surface area (Å²) in [6, 6.07) is 0. The lowest BCUT2D eigenvalue weighted by atomic mass is 10.2. The molecule has 0 aromatic rings. The van der Waals surface area contributed by atoms with Crippen LogP contribution in [0.25, 0.3) is 0 Å². The molecule has 0 aliphatic carbocycles. The molecule has 0 aliphatic rings. The molecule has 0 unspecified atom stereocenters. The minimum absolute atomic E-state index is 0.00573. The Labute approximate surface area is 131 Å². The van der Waals surface area contributed by atoms with Crippen LogP contribution in [0.5, 0.6) is 0 Å². The van der Waals surface area contributed by atoms with E-state index in [4.69, 9.17) is 0 Å². The molecule has 21 heavy (non-hydrogen) atoms. The van der Waals surface area contributed by atoms with Crippen molar-refractivity contribution in [1.29, 1.82) is 0 Å². The van der Waals surface area contributed by atoms with Gasteiger partial charge in [0, 0.05) is 0 Å². The number of sulfone groups is 2. The summed E-state index contributed by atoms with van der Waals surface area (Å²) in [5.41, 5.74) is 0. The van der Waals surface area contributed by atoms with Gasteiger partial charge in [0.05, 0.1) is 11.5 Å². The number of unbranched alkanes of at least 4 members (excludes halogenated alkanes) is 8. The van der Waals surface area contributed by atoms with Crippen molar-refractivity contribution < 1.29 is 16.8 Å². The highest BCUT2D eigenvalue weighted by atomic mass is 32.3. The Morgan fingerprint density at radius 3 is 1.19 bits per heavy atom. The molecule has 0 radical (unpaired) electrons. The van der Waals surface area contributed by atoms with Crippen LogP contribution in [0.3, 0.4) is 0 Å². The first kappa shape index (κ1) is 20.9. The average molecular weight is 341 g/mol. The van der Waals surface area contributed by atoms with Crippen molar-refractivity contribution in [2.45, 2.75) is 78.1 Å². The molecule has 0 bridgehead atoms. The van der Waals surface area contributed by atoms with Crippen molar-refractivity contribution in [1.82, 2.24) is 0 Å². The predicted molar refractivity (Wildman–Crippen MR) is 90.0 cm³/mol. The van der Waals surface area contributed by atoms with Gasteiger partial charge in [-0.15, -0.1) is 0 Å². The molecular formula is C15H32O4S2. The minimum Gasteiger partial charge on any atom is -0.228 e. The molecule has 4 nitrogen and oxygen atoms in total. The van der Waals surface area contributed by atoms with Gasteiger partial charge in [-0.3, -0.25) is 0 Å². The van der Waals surface area contributed by atoms with Crippen molar-refractivity contribution in [2.75, 3.05) is 16.6 Å². The first-order chi connectivity index (χ1) is 9.83. The summed E-state index contributed by atoms with van der Waals surface area (Å²) in [7, 11) is -6.92. The second-order valence-electron chi connectivity index (χ2n) is 5.84. The van der Waals surface area contributed by atoms with Gasteiger partial charge < -0.3 is 0 Å². The minimum atomic E-state index is -3.46. The van der Waals surface area contributed by atoms with E-state index in [0.717, 1.165) is 51.4 Å². The third kappa shape index (κ3) is 13.3. The summed E-state index contributed by atoms with van der Waals surface area (Å²) >= 11 is 0. The first-order valence-electron chi connectivity index (χ1n) is 8.24. The Morgan fingerprint density at radius 2 is 0.857 bits per heavy atom. The maximum absolute atomic E-state index is 11.8. The molecular weight excluding hydrogens is 308 g/mol. The Morgan fingerprint density at radius 1 is 0.524 bits per heavy atom. The zero-order chi connectivity index (χ0) is 16.2. The van der Waals surface area contributed by atoms with Gasteiger partial charge in [0.25, 0.3) is 0 Å². The highest BCUT2D eigenvalue weighted by Crippen LogP contribution is 2.09. The van der Waals surface area contributed by atoms with Crippen LogP contribution in [0, 0.1) is 0 Å². The van der Waals surface area contributed by atoms with E-state index in [1.165, 1.54) is 0 Å². The van der Waals surface area contributed by atoms with Gasteiger partial charge in [0.15, 0.2) is 24.8 Å². The summed E-state index contributed by atoms with van der Waals surface area (Å²) < 4.78 is 47.3. The van der Waals surface area contributed by atoms with Crippen LogP contribution in [0.2, 0.25) is 0 Å². The van der Waals surface area contributed by atoms with E-state index in [1.54, 1.807) is 0 Å². The zero-order valence-corrected chi connectivity index (χ0v) is 15.3.